The van der Waals surface area contributed by atoms with Gasteiger partial charge in [-0.25, -0.2) is 9.67 Å². The van der Waals surface area contributed by atoms with Crippen LogP contribution in [0.15, 0.2) is 30.6 Å². The number of pyridine rings is 1. The first-order valence-electron chi connectivity index (χ1n) is 8.27. The van der Waals surface area contributed by atoms with Crippen LogP contribution in [0.2, 0.25) is 0 Å². The minimum atomic E-state index is -0.0474. The van der Waals surface area contributed by atoms with Crippen molar-refractivity contribution in [3.05, 3.63) is 41.9 Å². The topological polar surface area (TPSA) is 64.7 Å². The van der Waals surface area contributed by atoms with Crippen molar-refractivity contribution in [2.75, 3.05) is 0 Å². The van der Waals surface area contributed by atoms with Crippen LogP contribution in [0.25, 0.3) is 16.9 Å². The predicted octanol–water partition coefficient (Wildman–Crippen LogP) is 2.75. The Balaban J connectivity index is 2.06. The SMILES string of the molecule is CCC(C)NC(=O)Cn1nc(-n2cccc2)c2c(C)cc(C)nc21. The molecule has 0 saturated heterocycles. The lowest BCUT2D eigenvalue weighted by Gasteiger charge is -2.11. The number of aryl methyl sites for hydroxylation is 2. The number of amides is 1. The first-order chi connectivity index (χ1) is 11.5. The summed E-state index contributed by atoms with van der Waals surface area (Å²) in [5.41, 5.74) is 2.77. The summed E-state index contributed by atoms with van der Waals surface area (Å²) >= 11 is 0. The Morgan fingerprint density at radius 3 is 2.67 bits per heavy atom. The van der Waals surface area contributed by atoms with Crippen LogP contribution in [0.4, 0.5) is 0 Å². The van der Waals surface area contributed by atoms with Crippen molar-refractivity contribution < 1.29 is 4.79 Å². The molecule has 3 heterocycles. The van der Waals surface area contributed by atoms with E-state index in [1.165, 1.54) is 0 Å². The normalized spacial score (nSPS) is 12.5. The maximum Gasteiger partial charge on any atom is 0.242 e. The molecule has 1 N–H and O–H groups in total. The van der Waals surface area contributed by atoms with Gasteiger partial charge in [0.05, 0.1) is 5.39 Å². The average molecular weight is 325 g/mol. The van der Waals surface area contributed by atoms with Crippen LogP contribution in [-0.4, -0.2) is 31.3 Å². The van der Waals surface area contributed by atoms with Crippen LogP contribution in [0.1, 0.15) is 31.5 Å². The third-order valence-corrected chi connectivity index (χ3v) is 4.17. The summed E-state index contributed by atoms with van der Waals surface area (Å²) in [5.74, 6) is 0.755. The highest BCUT2D eigenvalue weighted by Gasteiger charge is 2.18. The van der Waals surface area contributed by atoms with E-state index in [1.54, 1.807) is 4.68 Å². The molecule has 0 bridgehead atoms. The third-order valence-electron chi connectivity index (χ3n) is 4.17. The van der Waals surface area contributed by atoms with Gasteiger partial charge in [-0.15, -0.1) is 0 Å². The van der Waals surface area contributed by atoms with Crippen molar-refractivity contribution in [3.63, 3.8) is 0 Å². The second-order valence-electron chi connectivity index (χ2n) is 6.23. The Morgan fingerprint density at radius 2 is 2.00 bits per heavy atom. The van der Waals surface area contributed by atoms with Gasteiger partial charge in [0, 0.05) is 24.1 Å². The van der Waals surface area contributed by atoms with Gasteiger partial charge in [-0.2, -0.15) is 5.10 Å². The molecule has 1 unspecified atom stereocenters. The van der Waals surface area contributed by atoms with Crippen LogP contribution >= 0.6 is 0 Å². The lowest BCUT2D eigenvalue weighted by Crippen LogP contribution is -2.34. The smallest absolute Gasteiger partial charge is 0.242 e. The van der Waals surface area contributed by atoms with E-state index in [0.29, 0.717) is 0 Å². The zero-order chi connectivity index (χ0) is 17.3. The third kappa shape index (κ3) is 3.04. The summed E-state index contributed by atoms with van der Waals surface area (Å²) in [7, 11) is 0. The molecule has 6 heteroatoms. The first kappa shape index (κ1) is 16.2. The standard InChI is InChI=1S/C18H23N5O/c1-5-13(3)19-15(24)11-23-17-16(12(2)10-14(4)20-17)18(21-23)22-8-6-7-9-22/h6-10,13H,5,11H2,1-4H3,(H,19,24). The van der Waals surface area contributed by atoms with E-state index >= 15 is 0 Å². The lowest BCUT2D eigenvalue weighted by molar-refractivity contribution is -0.122. The van der Waals surface area contributed by atoms with Gasteiger partial charge in [0.1, 0.15) is 6.54 Å². The Morgan fingerprint density at radius 1 is 1.29 bits per heavy atom. The van der Waals surface area contributed by atoms with Crippen LogP contribution in [-0.2, 0) is 11.3 Å². The Labute approximate surface area is 141 Å². The molecule has 1 amide bonds. The first-order valence-corrected chi connectivity index (χ1v) is 8.27. The molecule has 0 fully saturated rings. The maximum atomic E-state index is 12.3. The Bertz CT molecular complexity index is 863. The van der Waals surface area contributed by atoms with Crippen molar-refractivity contribution >= 4 is 16.9 Å². The van der Waals surface area contributed by atoms with Gasteiger partial charge in [-0.05, 0) is 51.0 Å². The summed E-state index contributed by atoms with van der Waals surface area (Å²) in [5, 5.41) is 8.62. The highest BCUT2D eigenvalue weighted by atomic mass is 16.2. The van der Waals surface area contributed by atoms with Crippen LogP contribution < -0.4 is 5.32 Å². The number of hydrogen-bond acceptors (Lipinski definition) is 3. The lowest BCUT2D eigenvalue weighted by atomic mass is 10.2. The van der Waals surface area contributed by atoms with E-state index in [1.807, 2.05) is 55.9 Å². The summed E-state index contributed by atoms with van der Waals surface area (Å²) in [6.07, 6.45) is 4.80. The van der Waals surface area contributed by atoms with Gasteiger partial charge >= 0.3 is 0 Å². The molecule has 0 radical (unpaired) electrons. The van der Waals surface area contributed by atoms with Gasteiger partial charge in [-0.1, -0.05) is 6.92 Å². The maximum absolute atomic E-state index is 12.3. The number of rotatable bonds is 5. The minimum Gasteiger partial charge on any atom is -0.352 e. The zero-order valence-corrected chi connectivity index (χ0v) is 14.6. The van der Waals surface area contributed by atoms with Gasteiger partial charge in [0.25, 0.3) is 0 Å². The number of hydrogen-bond donors (Lipinski definition) is 1. The molecule has 24 heavy (non-hydrogen) atoms. The zero-order valence-electron chi connectivity index (χ0n) is 14.6. The highest BCUT2D eigenvalue weighted by Crippen LogP contribution is 2.25. The van der Waals surface area contributed by atoms with Crippen LogP contribution in [0.3, 0.4) is 0 Å². The largest absolute Gasteiger partial charge is 0.352 e. The summed E-state index contributed by atoms with van der Waals surface area (Å²) in [6, 6.07) is 6.11. The number of nitrogens with zero attached hydrogens (tertiary/aromatic N) is 4. The van der Waals surface area contributed by atoms with Gasteiger partial charge in [-0.3, -0.25) is 4.79 Å². The minimum absolute atomic E-state index is 0.0474. The number of aromatic nitrogens is 4. The van der Waals surface area contributed by atoms with Gasteiger partial charge in [0.2, 0.25) is 5.91 Å². The van der Waals surface area contributed by atoms with E-state index in [2.05, 4.69) is 22.3 Å². The fraction of sp³-hybridized carbons (Fsp3) is 0.389. The van der Waals surface area contributed by atoms with E-state index in [9.17, 15) is 4.79 Å². The number of nitrogens with one attached hydrogen (secondary N) is 1. The van der Waals surface area contributed by atoms with Crippen LogP contribution in [0.5, 0.6) is 0 Å². The molecule has 0 aliphatic rings. The van der Waals surface area contributed by atoms with Crippen molar-refractivity contribution in [2.45, 2.75) is 46.7 Å². The van der Waals surface area contributed by atoms with Crippen molar-refractivity contribution in [1.82, 2.24) is 24.6 Å². The molecule has 0 spiro atoms. The van der Waals surface area contributed by atoms with E-state index < -0.39 is 0 Å². The molecule has 1 atom stereocenters. The molecular weight excluding hydrogens is 302 g/mol. The molecule has 6 nitrogen and oxygen atoms in total. The highest BCUT2D eigenvalue weighted by molar-refractivity contribution is 5.88. The second kappa shape index (κ2) is 6.47. The van der Waals surface area contributed by atoms with Crippen LogP contribution in [0, 0.1) is 13.8 Å². The molecule has 3 aromatic rings. The van der Waals surface area contributed by atoms with Gasteiger partial charge < -0.3 is 9.88 Å². The monoisotopic (exact) mass is 325 g/mol. The number of carbonyl (C=O) groups excluding carboxylic acids is 1. The molecule has 126 valence electrons. The molecule has 0 aliphatic carbocycles. The Hall–Kier alpha value is -2.63. The van der Waals surface area contributed by atoms with E-state index in [4.69, 9.17) is 0 Å². The fourth-order valence-electron chi connectivity index (χ4n) is 2.82. The number of fused-ring (bicyclic) bond motifs is 1. The van der Waals surface area contributed by atoms with E-state index in [-0.39, 0.29) is 18.5 Å². The van der Waals surface area contributed by atoms with E-state index in [0.717, 1.165) is 34.5 Å². The fourth-order valence-corrected chi connectivity index (χ4v) is 2.82. The average Bonchev–Trinajstić information content (AvgIpc) is 3.15. The summed E-state index contributed by atoms with van der Waals surface area (Å²) in [6.45, 7) is 8.22. The van der Waals surface area contributed by atoms with Crippen molar-refractivity contribution in [2.24, 2.45) is 0 Å². The molecule has 3 aromatic heterocycles. The predicted molar refractivity (Wildman–Crippen MR) is 94.2 cm³/mol. The van der Waals surface area contributed by atoms with Crippen molar-refractivity contribution in [1.29, 1.82) is 0 Å². The molecular formula is C18H23N5O. The summed E-state index contributed by atoms with van der Waals surface area (Å²) in [4.78, 5) is 16.9. The second-order valence-corrected chi connectivity index (χ2v) is 6.23. The molecule has 0 aromatic carbocycles. The van der Waals surface area contributed by atoms with Crippen molar-refractivity contribution in [3.8, 4) is 5.82 Å². The van der Waals surface area contributed by atoms with Gasteiger partial charge in [0.15, 0.2) is 11.5 Å². The Kier molecular flexibility index (Phi) is 4.38. The number of carbonyl (C=O) groups is 1. The summed E-state index contributed by atoms with van der Waals surface area (Å²) < 4.78 is 3.65. The molecule has 0 saturated carbocycles. The molecule has 0 aliphatic heterocycles. The molecule has 3 rings (SSSR count). The quantitative estimate of drug-likeness (QED) is 0.784.